The average Bonchev–Trinajstić information content (AvgIpc) is 3.55. The van der Waals surface area contributed by atoms with Crippen molar-refractivity contribution in [3.8, 4) is 16.9 Å². The van der Waals surface area contributed by atoms with Gasteiger partial charge in [-0.05, 0) is 19.1 Å². The topological polar surface area (TPSA) is 126 Å². The van der Waals surface area contributed by atoms with Gasteiger partial charge in [-0.15, -0.1) is 0 Å². The van der Waals surface area contributed by atoms with E-state index >= 15 is 0 Å². The van der Waals surface area contributed by atoms with Gasteiger partial charge in [-0.3, -0.25) is 25.0 Å². The molecule has 12 heteroatoms. The Morgan fingerprint density at radius 2 is 2.03 bits per heavy atom. The summed E-state index contributed by atoms with van der Waals surface area (Å²) in [5.41, 5.74) is 3.59. The standard InChI is InChI=1S/C22H18ClN7O3S/c1-11-3-13(14-4-19(23)25-8-17(14)33-2)15(7-24-11)20(31)29-22-28-16-9-30(10-18(16)34-22)21(32)12-5-26-27-6-12/h3-8H,9-10H2,1-2H3,(H,26,27)(H,28,29,31). The van der Waals surface area contributed by atoms with Crippen molar-refractivity contribution in [2.75, 3.05) is 12.4 Å². The Morgan fingerprint density at radius 1 is 1.18 bits per heavy atom. The number of nitrogens with one attached hydrogen (secondary N) is 2. The Labute approximate surface area is 203 Å². The maximum atomic E-state index is 13.2. The van der Waals surface area contributed by atoms with E-state index in [1.165, 1.54) is 37.0 Å². The predicted molar refractivity (Wildman–Crippen MR) is 126 cm³/mol. The van der Waals surface area contributed by atoms with Crippen molar-refractivity contribution in [3.63, 3.8) is 0 Å². The minimum atomic E-state index is -0.365. The zero-order valence-electron chi connectivity index (χ0n) is 18.1. The lowest BCUT2D eigenvalue weighted by Crippen LogP contribution is -2.25. The number of nitrogens with zero attached hydrogens (tertiary/aromatic N) is 5. The van der Waals surface area contributed by atoms with E-state index < -0.39 is 0 Å². The van der Waals surface area contributed by atoms with E-state index in [0.29, 0.717) is 46.2 Å². The number of carbonyl (C=O) groups excluding carboxylic acids is 2. The molecule has 0 aliphatic carbocycles. The molecule has 0 radical (unpaired) electrons. The van der Waals surface area contributed by atoms with Crippen molar-refractivity contribution in [3.05, 3.63) is 69.5 Å². The van der Waals surface area contributed by atoms with Crippen LogP contribution in [0.25, 0.3) is 11.1 Å². The number of fused-ring (bicyclic) bond motifs is 1. The van der Waals surface area contributed by atoms with Crippen LogP contribution in [0.2, 0.25) is 5.15 Å². The molecule has 34 heavy (non-hydrogen) atoms. The first-order chi connectivity index (χ1) is 16.4. The lowest BCUT2D eigenvalue weighted by molar-refractivity contribution is 0.0750. The van der Waals surface area contributed by atoms with Crippen molar-refractivity contribution in [1.82, 2.24) is 30.0 Å². The van der Waals surface area contributed by atoms with E-state index in [0.717, 1.165) is 16.3 Å². The summed E-state index contributed by atoms with van der Waals surface area (Å²) in [6.45, 7) is 2.63. The number of hydrogen-bond donors (Lipinski definition) is 2. The summed E-state index contributed by atoms with van der Waals surface area (Å²) in [7, 11) is 1.53. The summed E-state index contributed by atoms with van der Waals surface area (Å²) in [5, 5.41) is 10.1. The van der Waals surface area contributed by atoms with Crippen LogP contribution in [0, 0.1) is 6.92 Å². The number of anilines is 1. The largest absolute Gasteiger partial charge is 0.494 e. The highest BCUT2D eigenvalue weighted by Crippen LogP contribution is 2.35. The molecule has 0 saturated carbocycles. The van der Waals surface area contributed by atoms with Gasteiger partial charge in [0.15, 0.2) is 5.13 Å². The molecule has 5 heterocycles. The molecule has 2 N–H and O–H groups in total. The van der Waals surface area contributed by atoms with E-state index in [2.05, 4.69) is 30.5 Å². The van der Waals surface area contributed by atoms with Crippen molar-refractivity contribution < 1.29 is 14.3 Å². The van der Waals surface area contributed by atoms with E-state index in [9.17, 15) is 9.59 Å². The van der Waals surface area contributed by atoms with Crippen LogP contribution in [-0.2, 0) is 13.1 Å². The Kier molecular flexibility index (Phi) is 5.72. The second kappa shape index (κ2) is 8.84. The van der Waals surface area contributed by atoms with Crippen LogP contribution >= 0.6 is 22.9 Å². The first kappa shape index (κ1) is 22.0. The van der Waals surface area contributed by atoms with Gasteiger partial charge in [0.1, 0.15) is 10.9 Å². The smallest absolute Gasteiger partial charge is 0.259 e. The zero-order valence-corrected chi connectivity index (χ0v) is 19.7. The molecule has 0 spiro atoms. The third kappa shape index (κ3) is 4.11. The van der Waals surface area contributed by atoms with Crippen LogP contribution < -0.4 is 10.1 Å². The number of hydrogen-bond acceptors (Lipinski definition) is 8. The van der Waals surface area contributed by atoms with Crippen LogP contribution in [0.1, 0.15) is 37.0 Å². The molecule has 0 saturated heterocycles. The maximum Gasteiger partial charge on any atom is 0.259 e. The third-order valence-corrected chi connectivity index (χ3v) is 6.54. The van der Waals surface area contributed by atoms with Crippen molar-refractivity contribution in [2.45, 2.75) is 20.0 Å². The van der Waals surface area contributed by atoms with Gasteiger partial charge in [0.05, 0.1) is 54.3 Å². The monoisotopic (exact) mass is 495 g/mol. The van der Waals surface area contributed by atoms with Gasteiger partial charge in [-0.25, -0.2) is 9.97 Å². The summed E-state index contributed by atoms with van der Waals surface area (Å²) in [4.78, 5) is 41.2. The van der Waals surface area contributed by atoms with Crippen molar-refractivity contribution in [1.29, 1.82) is 0 Å². The van der Waals surface area contributed by atoms with Crippen LogP contribution in [0.4, 0.5) is 5.13 Å². The van der Waals surface area contributed by atoms with E-state index in [-0.39, 0.29) is 17.0 Å². The second-order valence-electron chi connectivity index (χ2n) is 7.57. The van der Waals surface area contributed by atoms with Crippen molar-refractivity contribution >= 4 is 39.9 Å². The normalized spacial score (nSPS) is 12.5. The zero-order chi connectivity index (χ0) is 23.8. The molecule has 0 aromatic carbocycles. The number of ether oxygens (including phenoxy) is 1. The summed E-state index contributed by atoms with van der Waals surface area (Å²) >= 11 is 7.45. The molecule has 0 atom stereocenters. The number of pyridine rings is 2. The van der Waals surface area contributed by atoms with Crippen LogP contribution in [0.15, 0.2) is 36.9 Å². The highest BCUT2D eigenvalue weighted by atomic mass is 35.5. The number of thiazole rings is 1. The lowest BCUT2D eigenvalue weighted by Gasteiger charge is -2.14. The van der Waals surface area contributed by atoms with Crippen LogP contribution in [-0.4, -0.2) is 49.0 Å². The Balaban J connectivity index is 1.38. The first-order valence-electron chi connectivity index (χ1n) is 10.2. The van der Waals surface area contributed by atoms with Gasteiger partial charge in [0.25, 0.3) is 11.8 Å². The molecule has 172 valence electrons. The second-order valence-corrected chi connectivity index (χ2v) is 9.04. The van der Waals surface area contributed by atoms with Gasteiger partial charge in [-0.1, -0.05) is 22.9 Å². The van der Waals surface area contributed by atoms with E-state index in [1.807, 2.05) is 6.92 Å². The number of aromatic amines is 1. The summed E-state index contributed by atoms with van der Waals surface area (Å²) < 4.78 is 5.42. The molecule has 5 rings (SSSR count). The fraction of sp³-hybridized carbons (Fsp3) is 0.182. The van der Waals surface area contributed by atoms with Gasteiger partial charge in [0, 0.05) is 29.2 Å². The number of aryl methyl sites for hydroxylation is 1. The molecule has 0 bridgehead atoms. The molecule has 4 aromatic rings. The molecule has 0 unspecified atom stereocenters. The number of halogens is 1. The summed E-state index contributed by atoms with van der Waals surface area (Å²) in [6.07, 6.45) is 6.08. The molecular weight excluding hydrogens is 478 g/mol. The minimum absolute atomic E-state index is 0.120. The average molecular weight is 496 g/mol. The summed E-state index contributed by atoms with van der Waals surface area (Å²) in [6, 6.07) is 3.44. The fourth-order valence-electron chi connectivity index (χ4n) is 3.71. The minimum Gasteiger partial charge on any atom is -0.494 e. The van der Waals surface area contributed by atoms with E-state index in [1.54, 1.807) is 23.2 Å². The van der Waals surface area contributed by atoms with Crippen LogP contribution in [0.3, 0.4) is 0 Å². The van der Waals surface area contributed by atoms with E-state index in [4.69, 9.17) is 16.3 Å². The number of carbonyl (C=O) groups is 2. The van der Waals surface area contributed by atoms with Gasteiger partial charge in [-0.2, -0.15) is 5.10 Å². The SMILES string of the molecule is COc1cnc(Cl)cc1-c1cc(C)ncc1C(=O)Nc1nc2c(s1)CN(C(=O)c1cn[nH]c1)C2. The van der Waals surface area contributed by atoms with Gasteiger partial charge in [0.2, 0.25) is 0 Å². The highest BCUT2D eigenvalue weighted by molar-refractivity contribution is 7.16. The predicted octanol–water partition coefficient (Wildman–Crippen LogP) is 3.70. The number of rotatable bonds is 5. The number of aromatic nitrogens is 5. The molecular formula is C22H18ClN7O3S. The third-order valence-electron chi connectivity index (χ3n) is 5.34. The Hall–Kier alpha value is -3.83. The van der Waals surface area contributed by atoms with Gasteiger partial charge < -0.3 is 9.64 Å². The molecule has 4 aromatic heterocycles. The Bertz CT molecular complexity index is 1380. The molecule has 2 amide bonds. The fourth-order valence-corrected chi connectivity index (χ4v) is 4.85. The number of amides is 2. The number of H-pyrrole nitrogens is 1. The molecule has 0 fully saturated rings. The lowest BCUT2D eigenvalue weighted by atomic mass is 10.0. The first-order valence-corrected chi connectivity index (χ1v) is 11.4. The maximum absolute atomic E-state index is 13.2. The molecule has 1 aliphatic heterocycles. The van der Waals surface area contributed by atoms with Gasteiger partial charge >= 0.3 is 0 Å². The van der Waals surface area contributed by atoms with Crippen LogP contribution in [0.5, 0.6) is 5.75 Å². The number of methoxy groups -OCH3 is 1. The molecule has 10 nitrogen and oxygen atoms in total. The summed E-state index contributed by atoms with van der Waals surface area (Å²) in [5.74, 6) is 0.000706. The molecule has 1 aliphatic rings. The van der Waals surface area contributed by atoms with Crippen molar-refractivity contribution in [2.24, 2.45) is 0 Å². The quantitative estimate of drug-likeness (QED) is 0.404. The highest BCUT2D eigenvalue weighted by Gasteiger charge is 2.29. The Morgan fingerprint density at radius 3 is 2.76 bits per heavy atom.